The summed E-state index contributed by atoms with van der Waals surface area (Å²) < 4.78 is 11.0. The Balaban J connectivity index is 1.32. The highest BCUT2D eigenvalue weighted by Crippen LogP contribution is 2.52. The first-order chi connectivity index (χ1) is 12.1. The standard InChI is InChI=1S/C22H22O3/c1-22(14-16-7-10-19(22)13-16)21(23)25-15-24-20-11-8-18(9-12-20)17-5-3-2-4-6-17/h2-12,16,19H,13-15H2,1H3. The largest absolute Gasteiger partial charge is 0.457 e. The molecule has 2 aliphatic carbocycles. The number of carbonyl (C=O) groups is 1. The lowest BCUT2D eigenvalue weighted by molar-refractivity contribution is -0.163. The van der Waals surface area contributed by atoms with Crippen molar-refractivity contribution in [3.8, 4) is 16.9 Å². The van der Waals surface area contributed by atoms with E-state index in [0.717, 1.165) is 24.0 Å². The summed E-state index contributed by atoms with van der Waals surface area (Å²) in [5.41, 5.74) is 1.91. The van der Waals surface area contributed by atoms with Gasteiger partial charge in [0, 0.05) is 0 Å². The molecule has 0 aliphatic heterocycles. The third kappa shape index (κ3) is 3.07. The van der Waals surface area contributed by atoms with E-state index in [0.29, 0.717) is 17.6 Å². The molecule has 128 valence electrons. The molecule has 4 rings (SSSR count). The van der Waals surface area contributed by atoms with Gasteiger partial charge in [-0.15, -0.1) is 0 Å². The van der Waals surface area contributed by atoms with E-state index in [-0.39, 0.29) is 18.2 Å². The normalized spacial score (nSPS) is 26.6. The van der Waals surface area contributed by atoms with Crippen molar-refractivity contribution in [1.82, 2.24) is 0 Å². The van der Waals surface area contributed by atoms with Crippen LogP contribution < -0.4 is 4.74 Å². The molecule has 3 unspecified atom stereocenters. The van der Waals surface area contributed by atoms with E-state index >= 15 is 0 Å². The molecule has 1 saturated carbocycles. The van der Waals surface area contributed by atoms with Gasteiger partial charge < -0.3 is 9.47 Å². The van der Waals surface area contributed by atoms with Gasteiger partial charge in [-0.05, 0) is 54.9 Å². The van der Waals surface area contributed by atoms with Gasteiger partial charge in [0.1, 0.15) is 5.75 Å². The van der Waals surface area contributed by atoms with Crippen molar-refractivity contribution >= 4 is 5.97 Å². The monoisotopic (exact) mass is 334 g/mol. The quantitative estimate of drug-likeness (QED) is 0.446. The van der Waals surface area contributed by atoms with E-state index < -0.39 is 0 Å². The summed E-state index contributed by atoms with van der Waals surface area (Å²) in [4.78, 5) is 12.5. The molecule has 1 fully saturated rings. The van der Waals surface area contributed by atoms with Crippen LogP contribution in [0.25, 0.3) is 11.1 Å². The van der Waals surface area contributed by atoms with E-state index in [1.807, 2.05) is 49.4 Å². The third-order valence-electron chi connectivity index (χ3n) is 5.52. The maximum atomic E-state index is 12.5. The van der Waals surface area contributed by atoms with Gasteiger partial charge in [0.05, 0.1) is 5.41 Å². The summed E-state index contributed by atoms with van der Waals surface area (Å²) in [6, 6.07) is 18.0. The molecule has 0 N–H and O–H groups in total. The smallest absolute Gasteiger partial charge is 0.315 e. The lowest BCUT2D eigenvalue weighted by Crippen LogP contribution is -2.34. The SMILES string of the molecule is CC1(C(=O)OCOc2ccc(-c3ccccc3)cc2)CC2C=CC1C2. The summed E-state index contributed by atoms with van der Waals surface area (Å²) in [6.45, 7) is 1.97. The highest BCUT2D eigenvalue weighted by Gasteiger charge is 2.51. The van der Waals surface area contributed by atoms with Crippen molar-refractivity contribution < 1.29 is 14.3 Å². The minimum atomic E-state index is -0.389. The number of fused-ring (bicyclic) bond motifs is 2. The Kier molecular flexibility index (Phi) is 4.08. The maximum Gasteiger partial charge on any atom is 0.315 e. The second-order valence-electron chi connectivity index (χ2n) is 7.19. The van der Waals surface area contributed by atoms with Crippen LogP contribution in [-0.4, -0.2) is 12.8 Å². The first-order valence-corrected chi connectivity index (χ1v) is 8.79. The highest BCUT2D eigenvalue weighted by molar-refractivity contribution is 5.78. The number of hydrogen-bond donors (Lipinski definition) is 0. The Morgan fingerprint density at radius 3 is 2.40 bits per heavy atom. The van der Waals surface area contributed by atoms with Gasteiger partial charge in [0.2, 0.25) is 6.79 Å². The Bertz CT molecular complexity index is 779. The Morgan fingerprint density at radius 1 is 1.04 bits per heavy atom. The molecule has 0 spiro atoms. The molecular formula is C22H22O3. The number of hydrogen-bond acceptors (Lipinski definition) is 3. The van der Waals surface area contributed by atoms with Crippen LogP contribution in [0.5, 0.6) is 5.75 Å². The first kappa shape index (κ1) is 15.9. The molecule has 2 bridgehead atoms. The lowest BCUT2D eigenvalue weighted by Gasteiger charge is -2.28. The molecule has 3 atom stereocenters. The molecule has 25 heavy (non-hydrogen) atoms. The molecule has 2 aromatic rings. The molecule has 0 aromatic heterocycles. The second kappa shape index (κ2) is 6.40. The molecule has 0 heterocycles. The summed E-state index contributed by atoms with van der Waals surface area (Å²) >= 11 is 0. The van der Waals surface area contributed by atoms with Crippen molar-refractivity contribution in [3.63, 3.8) is 0 Å². The number of rotatable bonds is 5. The van der Waals surface area contributed by atoms with Gasteiger partial charge in [0.25, 0.3) is 0 Å². The number of benzene rings is 2. The minimum Gasteiger partial charge on any atom is -0.457 e. The number of esters is 1. The Morgan fingerprint density at radius 2 is 1.76 bits per heavy atom. The van der Waals surface area contributed by atoms with Crippen molar-refractivity contribution in [2.75, 3.05) is 6.79 Å². The first-order valence-electron chi connectivity index (χ1n) is 8.79. The van der Waals surface area contributed by atoms with Crippen molar-refractivity contribution in [2.45, 2.75) is 19.8 Å². The van der Waals surface area contributed by atoms with Gasteiger partial charge in [-0.25, -0.2) is 0 Å². The molecule has 0 radical (unpaired) electrons. The van der Waals surface area contributed by atoms with Crippen LogP contribution in [0.1, 0.15) is 19.8 Å². The van der Waals surface area contributed by atoms with Crippen molar-refractivity contribution in [3.05, 3.63) is 66.7 Å². The summed E-state index contributed by atoms with van der Waals surface area (Å²) in [6.07, 6.45) is 6.36. The topological polar surface area (TPSA) is 35.5 Å². The van der Waals surface area contributed by atoms with Gasteiger partial charge in [-0.2, -0.15) is 0 Å². The predicted molar refractivity (Wildman–Crippen MR) is 96.9 cm³/mol. The molecule has 0 saturated heterocycles. The molecule has 2 aliphatic rings. The minimum absolute atomic E-state index is 0.0415. The Labute approximate surface area is 148 Å². The third-order valence-corrected chi connectivity index (χ3v) is 5.52. The van der Waals surface area contributed by atoms with Gasteiger partial charge in [0.15, 0.2) is 0 Å². The van der Waals surface area contributed by atoms with Crippen LogP contribution >= 0.6 is 0 Å². The van der Waals surface area contributed by atoms with Crippen LogP contribution in [0.15, 0.2) is 66.7 Å². The van der Waals surface area contributed by atoms with Gasteiger partial charge in [-0.1, -0.05) is 54.6 Å². The number of carbonyl (C=O) groups excluding carboxylic acids is 1. The summed E-state index contributed by atoms with van der Waals surface area (Å²) in [7, 11) is 0. The predicted octanol–water partition coefficient (Wildman–Crippen LogP) is 4.84. The van der Waals surface area contributed by atoms with Crippen molar-refractivity contribution in [1.29, 1.82) is 0 Å². The van der Waals surface area contributed by atoms with Crippen LogP contribution in [0.2, 0.25) is 0 Å². The maximum absolute atomic E-state index is 12.5. The van der Waals surface area contributed by atoms with Crippen LogP contribution in [0, 0.1) is 17.3 Å². The van der Waals surface area contributed by atoms with Crippen LogP contribution in [-0.2, 0) is 9.53 Å². The van der Waals surface area contributed by atoms with Gasteiger partial charge in [-0.3, -0.25) is 4.79 Å². The molecule has 2 aromatic carbocycles. The van der Waals surface area contributed by atoms with E-state index in [4.69, 9.17) is 9.47 Å². The lowest BCUT2D eigenvalue weighted by atomic mass is 9.78. The van der Waals surface area contributed by atoms with E-state index in [9.17, 15) is 4.79 Å². The van der Waals surface area contributed by atoms with Gasteiger partial charge >= 0.3 is 5.97 Å². The fraction of sp³-hybridized carbons (Fsp3) is 0.318. The average molecular weight is 334 g/mol. The molecule has 3 nitrogen and oxygen atoms in total. The van der Waals surface area contributed by atoms with E-state index in [1.54, 1.807) is 0 Å². The number of ether oxygens (including phenoxy) is 2. The zero-order valence-electron chi connectivity index (χ0n) is 14.4. The summed E-state index contributed by atoms with van der Waals surface area (Å²) in [5.74, 6) is 1.40. The number of allylic oxidation sites excluding steroid dienone is 2. The Hall–Kier alpha value is -2.55. The second-order valence-corrected chi connectivity index (χ2v) is 7.19. The zero-order valence-corrected chi connectivity index (χ0v) is 14.4. The van der Waals surface area contributed by atoms with Crippen LogP contribution in [0.3, 0.4) is 0 Å². The summed E-state index contributed by atoms with van der Waals surface area (Å²) in [5, 5.41) is 0. The molecular weight excluding hydrogens is 312 g/mol. The van der Waals surface area contributed by atoms with Crippen LogP contribution in [0.4, 0.5) is 0 Å². The highest BCUT2D eigenvalue weighted by atomic mass is 16.7. The fourth-order valence-corrected chi connectivity index (χ4v) is 4.02. The van der Waals surface area contributed by atoms with Crippen molar-refractivity contribution in [2.24, 2.45) is 17.3 Å². The fourth-order valence-electron chi connectivity index (χ4n) is 4.02. The average Bonchev–Trinajstić information content (AvgIpc) is 3.24. The van der Waals surface area contributed by atoms with E-state index in [2.05, 4.69) is 24.3 Å². The molecule has 3 heteroatoms. The van der Waals surface area contributed by atoms with E-state index in [1.165, 1.54) is 0 Å². The molecule has 0 amide bonds. The zero-order chi connectivity index (χ0) is 17.3.